The van der Waals surface area contributed by atoms with Crippen LogP contribution in [-0.4, -0.2) is 19.0 Å². The van der Waals surface area contributed by atoms with Gasteiger partial charge in [-0.2, -0.15) is 0 Å². The van der Waals surface area contributed by atoms with Gasteiger partial charge in [0.15, 0.2) is 5.78 Å². The molecule has 0 N–H and O–H groups in total. The summed E-state index contributed by atoms with van der Waals surface area (Å²) >= 11 is 1.71. The summed E-state index contributed by atoms with van der Waals surface area (Å²) in [6, 6.07) is 13.3. The van der Waals surface area contributed by atoms with Crippen LogP contribution in [0.1, 0.15) is 15.2 Å². The normalized spacial score (nSPS) is 10.4. The van der Waals surface area contributed by atoms with Crippen LogP contribution in [0.5, 0.6) is 0 Å². The summed E-state index contributed by atoms with van der Waals surface area (Å²) in [5.74, 6) is 0.0387. The van der Waals surface area contributed by atoms with Gasteiger partial charge in [0.2, 0.25) is 0 Å². The van der Waals surface area contributed by atoms with E-state index in [1.165, 1.54) is 4.88 Å². The van der Waals surface area contributed by atoms with Crippen molar-refractivity contribution in [3.8, 4) is 0 Å². The van der Waals surface area contributed by atoms with E-state index < -0.39 is 0 Å². The second-order valence-corrected chi connectivity index (χ2v) is 4.70. The first kappa shape index (κ1) is 12.0. The molecule has 1 heterocycles. The van der Waals surface area contributed by atoms with Crippen LogP contribution in [0.4, 0.5) is 0 Å². The number of carbonyl (C=O) groups is 1. The van der Waals surface area contributed by atoms with E-state index in [1.54, 1.807) is 11.3 Å². The van der Waals surface area contributed by atoms with Crippen LogP contribution in [0.15, 0.2) is 47.8 Å². The molecule has 2 aromatic rings. The van der Waals surface area contributed by atoms with Crippen molar-refractivity contribution in [2.75, 3.05) is 13.2 Å². The number of hydrogen-bond acceptors (Lipinski definition) is 3. The summed E-state index contributed by atoms with van der Waals surface area (Å²) in [6.07, 6.45) is 0.875. The Morgan fingerprint density at radius 1 is 1.12 bits per heavy atom. The van der Waals surface area contributed by atoms with Gasteiger partial charge >= 0.3 is 0 Å². The minimum Gasteiger partial charge on any atom is -0.373 e. The predicted octanol–water partition coefficient (Wildman–Crippen LogP) is 3.19. The molecule has 0 aliphatic carbocycles. The molecule has 0 radical (unpaired) electrons. The maximum absolute atomic E-state index is 11.7. The van der Waals surface area contributed by atoms with E-state index >= 15 is 0 Å². The Hall–Kier alpha value is -1.45. The fourth-order valence-corrected chi connectivity index (χ4v) is 2.19. The summed E-state index contributed by atoms with van der Waals surface area (Å²) in [4.78, 5) is 13.0. The van der Waals surface area contributed by atoms with Crippen LogP contribution >= 0.6 is 11.3 Å². The number of carbonyl (C=O) groups excluding carboxylic acids is 1. The quantitative estimate of drug-likeness (QED) is 0.578. The van der Waals surface area contributed by atoms with Crippen LogP contribution in [0.25, 0.3) is 0 Å². The molecule has 0 aliphatic rings. The number of rotatable bonds is 6. The van der Waals surface area contributed by atoms with Gasteiger partial charge in [-0.25, -0.2) is 0 Å². The predicted molar refractivity (Wildman–Crippen MR) is 69.6 cm³/mol. The van der Waals surface area contributed by atoms with Crippen molar-refractivity contribution in [2.24, 2.45) is 0 Å². The van der Waals surface area contributed by atoms with Gasteiger partial charge < -0.3 is 4.74 Å². The Balaban J connectivity index is 1.70. The van der Waals surface area contributed by atoms with Crippen molar-refractivity contribution in [1.82, 2.24) is 0 Å². The van der Waals surface area contributed by atoms with Crippen LogP contribution in [-0.2, 0) is 11.2 Å². The van der Waals surface area contributed by atoms with Gasteiger partial charge in [0.1, 0.15) is 6.61 Å². The fourth-order valence-electron chi connectivity index (χ4n) is 1.50. The molecule has 0 amide bonds. The lowest BCUT2D eigenvalue weighted by Crippen LogP contribution is -2.10. The first-order chi connectivity index (χ1) is 8.36. The molecule has 0 aliphatic heterocycles. The molecule has 0 spiro atoms. The Morgan fingerprint density at radius 2 is 1.94 bits per heavy atom. The standard InChI is InChI=1S/C14H14O2S/c15-14(12-5-2-1-3-6-12)11-16-9-8-13-7-4-10-17-13/h1-7,10H,8-9,11H2. The van der Waals surface area contributed by atoms with Crippen LogP contribution in [0.3, 0.4) is 0 Å². The van der Waals surface area contributed by atoms with Crippen molar-refractivity contribution in [2.45, 2.75) is 6.42 Å². The molecule has 0 saturated carbocycles. The van der Waals surface area contributed by atoms with E-state index in [0.29, 0.717) is 12.2 Å². The molecule has 0 bridgehead atoms. The summed E-state index contributed by atoms with van der Waals surface area (Å²) in [6.45, 7) is 0.758. The lowest BCUT2D eigenvalue weighted by Gasteiger charge is -2.02. The fraction of sp³-hybridized carbons (Fsp3) is 0.214. The van der Waals surface area contributed by atoms with Crippen LogP contribution in [0, 0.1) is 0 Å². The third-order valence-corrected chi connectivity index (χ3v) is 3.34. The highest BCUT2D eigenvalue weighted by Crippen LogP contribution is 2.09. The lowest BCUT2D eigenvalue weighted by molar-refractivity contribution is 0.0766. The number of thiophene rings is 1. The number of hydrogen-bond donors (Lipinski definition) is 0. The van der Waals surface area contributed by atoms with E-state index in [4.69, 9.17) is 4.74 Å². The van der Waals surface area contributed by atoms with Gasteiger partial charge in [-0.3, -0.25) is 4.79 Å². The number of ketones is 1. The smallest absolute Gasteiger partial charge is 0.188 e. The SMILES string of the molecule is O=C(COCCc1cccs1)c1ccccc1. The van der Waals surface area contributed by atoms with E-state index in [-0.39, 0.29) is 12.4 Å². The first-order valence-corrected chi connectivity index (χ1v) is 6.42. The van der Waals surface area contributed by atoms with Crippen molar-refractivity contribution in [3.05, 3.63) is 58.3 Å². The molecule has 0 unspecified atom stereocenters. The monoisotopic (exact) mass is 246 g/mol. The Bertz CT molecular complexity index is 448. The highest BCUT2D eigenvalue weighted by molar-refractivity contribution is 7.09. The van der Waals surface area contributed by atoms with Gasteiger partial charge in [0.25, 0.3) is 0 Å². The van der Waals surface area contributed by atoms with Gasteiger partial charge in [-0.1, -0.05) is 36.4 Å². The molecule has 2 rings (SSSR count). The highest BCUT2D eigenvalue weighted by Gasteiger charge is 2.04. The molecule has 3 heteroatoms. The first-order valence-electron chi connectivity index (χ1n) is 5.54. The van der Waals surface area contributed by atoms with E-state index in [0.717, 1.165) is 6.42 Å². The molecule has 88 valence electrons. The molecule has 17 heavy (non-hydrogen) atoms. The third kappa shape index (κ3) is 3.80. The van der Waals surface area contributed by atoms with Crippen molar-refractivity contribution in [1.29, 1.82) is 0 Å². The average Bonchev–Trinajstić information content (AvgIpc) is 2.88. The number of Topliss-reactive ketones (excluding diaryl/α,β-unsaturated/α-hetero) is 1. The molecule has 0 saturated heterocycles. The van der Waals surface area contributed by atoms with Gasteiger partial charge in [0.05, 0.1) is 6.61 Å². The number of ether oxygens (including phenoxy) is 1. The van der Waals surface area contributed by atoms with Crippen LogP contribution < -0.4 is 0 Å². The topological polar surface area (TPSA) is 26.3 Å². The zero-order chi connectivity index (χ0) is 11.9. The molecule has 2 nitrogen and oxygen atoms in total. The van der Waals surface area contributed by atoms with Gasteiger partial charge in [-0.05, 0) is 11.4 Å². The van der Waals surface area contributed by atoms with E-state index in [2.05, 4.69) is 6.07 Å². The largest absolute Gasteiger partial charge is 0.373 e. The van der Waals surface area contributed by atoms with E-state index in [9.17, 15) is 4.79 Å². The molecular weight excluding hydrogens is 232 g/mol. The van der Waals surface area contributed by atoms with Gasteiger partial charge in [0, 0.05) is 16.9 Å². The second kappa shape index (κ2) is 6.33. The van der Waals surface area contributed by atoms with Crippen molar-refractivity contribution in [3.63, 3.8) is 0 Å². The molecule has 0 fully saturated rings. The van der Waals surface area contributed by atoms with Crippen molar-refractivity contribution < 1.29 is 9.53 Å². The van der Waals surface area contributed by atoms with Crippen LogP contribution in [0.2, 0.25) is 0 Å². The minimum atomic E-state index is 0.0387. The zero-order valence-electron chi connectivity index (χ0n) is 9.46. The van der Waals surface area contributed by atoms with Crippen molar-refractivity contribution >= 4 is 17.1 Å². The Kier molecular flexibility index (Phi) is 4.47. The minimum absolute atomic E-state index is 0.0387. The number of benzene rings is 1. The molecule has 1 aromatic carbocycles. The summed E-state index contributed by atoms with van der Waals surface area (Å²) < 4.78 is 5.38. The summed E-state index contributed by atoms with van der Waals surface area (Å²) in [5, 5.41) is 2.05. The second-order valence-electron chi connectivity index (χ2n) is 3.67. The Labute approximate surface area is 105 Å². The summed E-state index contributed by atoms with van der Waals surface area (Å²) in [7, 11) is 0. The lowest BCUT2D eigenvalue weighted by atomic mass is 10.1. The average molecular weight is 246 g/mol. The summed E-state index contributed by atoms with van der Waals surface area (Å²) in [5.41, 5.74) is 0.712. The third-order valence-electron chi connectivity index (χ3n) is 2.40. The Morgan fingerprint density at radius 3 is 2.65 bits per heavy atom. The maximum Gasteiger partial charge on any atom is 0.188 e. The molecule has 1 aromatic heterocycles. The zero-order valence-corrected chi connectivity index (χ0v) is 10.3. The van der Waals surface area contributed by atoms with E-state index in [1.807, 2.05) is 41.8 Å². The van der Waals surface area contributed by atoms with Gasteiger partial charge in [-0.15, -0.1) is 11.3 Å². The maximum atomic E-state index is 11.7. The highest BCUT2D eigenvalue weighted by atomic mass is 32.1. The molecule has 0 atom stereocenters. The molecular formula is C14H14O2S.